The third-order valence-electron chi connectivity index (χ3n) is 3.35. The number of carbonyl (C=O) groups is 1. The van der Waals surface area contributed by atoms with Gasteiger partial charge in [-0.3, -0.25) is 0 Å². The zero-order valence-corrected chi connectivity index (χ0v) is 13.8. The van der Waals surface area contributed by atoms with Crippen molar-refractivity contribution in [3.8, 4) is 11.5 Å². The van der Waals surface area contributed by atoms with Gasteiger partial charge in [0.2, 0.25) is 0 Å². The van der Waals surface area contributed by atoms with E-state index in [4.69, 9.17) is 27.3 Å². The Balaban J connectivity index is 2.15. The SMILES string of the molecule is NN(CCc1ccc(Oc2ccc(Cl)c(C(F)(F)F)c2)c(F)c1)C(=O)O. The van der Waals surface area contributed by atoms with Crippen molar-refractivity contribution >= 4 is 17.7 Å². The number of alkyl halides is 3. The minimum atomic E-state index is -4.67. The zero-order valence-electron chi connectivity index (χ0n) is 13.1. The van der Waals surface area contributed by atoms with E-state index in [1.165, 1.54) is 18.2 Å². The summed E-state index contributed by atoms with van der Waals surface area (Å²) in [5, 5.41) is 8.69. The van der Waals surface area contributed by atoms with E-state index >= 15 is 0 Å². The Morgan fingerprint density at radius 2 is 1.92 bits per heavy atom. The molecule has 5 nitrogen and oxygen atoms in total. The lowest BCUT2D eigenvalue weighted by molar-refractivity contribution is -0.137. The molecule has 0 aliphatic carbocycles. The van der Waals surface area contributed by atoms with Crippen LogP contribution in [0, 0.1) is 5.82 Å². The summed E-state index contributed by atoms with van der Waals surface area (Å²) in [5.74, 6) is 3.88. The lowest BCUT2D eigenvalue weighted by atomic mass is 10.1. The van der Waals surface area contributed by atoms with Crippen LogP contribution in [-0.4, -0.2) is 22.8 Å². The number of ether oxygens (including phenoxy) is 1. The van der Waals surface area contributed by atoms with Gasteiger partial charge in [-0.15, -0.1) is 0 Å². The van der Waals surface area contributed by atoms with E-state index in [9.17, 15) is 22.4 Å². The van der Waals surface area contributed by atoms with Crippen LogP contribution in [-0.2, 0) is 12.6 Å². The summed E-state index contributed by atoms with van der Waals surface area (Å²) in [6.07, 6.45) is -5.84. The van der Waals surface area contributed by atoms with Crippen LogP contribution in [0.4, 0.5) is 22.4 Å². The van der Waals surface area contributed by atoms with Gasteiger partial charge < -0.3 is 9.84 Å². The van der Waals surface area contributed by atoms with Crippen LogP contribution >= 0.6 is 11.6 Å². The molecule has 2 rings (SSSR count). The molecule has 0 atom stereocenters. The molecule has 1 amide bonds. The lowest BCUT2D eigenvalue weighted by Gasteiger charge is -2.14. The number of rotatable bonds is 5. The number of amides is 1. The van der Waals surface area contributed by atoms with Crippen molar-refractivity contribution in [2.24, 2.45) is 5.84 Å². The Kier molecular flexibility index (Phi) is 5.94. The van der Waals surface area contributed by atoms with E-state index < -0.39 is 28.7 Å². The normalized spacial score (nSPS) is 11.3. The molecule has 26 heavy (non-hydrogen) atoms. The number of carboxylic acid groups (broad SMARTS) is 1. The summed E-state index contributed by atoms with van der Waals surface area (Å²) in [5.41, 5.74) is -0.649. The first kappa shape index (κ1) is 19.8. The van der Waals surface area contributed by atoms with Gasteiger partial charge in [0.25, 0.3) is 0 Å². The maximum absolute atomic E-state index is 14.1. The highest BCUT2D eigenvalue weighted by Gasteiger charge is 2.33. The number of nitrogens with zero attached hydrogens (tertiary/aromatic N) is 1. The Morgan fingerprint density at radius 3 is 2.50 bits per heavy atom. The van der Waals surface area contributed by atoms with Gasteiger partial charge in [0, 0.05) is 6.54 Å². The van der Waals surface area contributed by atoms with E-state index in [0.717, 1.165) is 12.1 Å². The van der Waals surface area contributed by atoms with Crippen LogP contribution < -0.4 is 10.6 Å². The van der Waals surface area contributed by atoms with Crippen molar-refractivity contribution in [1.82, 2.24) is 5.01 Å². The molecule has 0 saturated heterocycles. The Morgan fingerprint density at radius 1 is 1.23 bits per heavy atom. The highest BCUT2D eigenvalue weighted by Crippen LogP contribution is 2.38. The van der Waals surface area contributed by atoms with Crippen LogP contribution in [0.25, 0.3) is 0 Å². The molecule has 10 heteroatoms. The minimum absolute atomic E-state index is 0.0545. The molecule has 0 spiro atoms. The standard InChI is InChI=1S/C16H13ClF4N2O3/c17-12-3-2-10(8-11(12)16(19,20)21)26-14-4-1-9(7-13(14)18)5-6-23(22)15(24)25/h1-4,7-8H,5-6,22H2,(H,24,25). The summed E-state index contributed by atoms with van der Waals surface area (Å²) in [6.45, 7) is -0.0545. The van der Waals surface area contributed by atoms with Crippen molar-refractivity contribution in [1.29, 1.82) is 0 Å². The average Bonchev–Trinajstić information content (AvgIpc) is 2.55. The van der Waals surface area contributed by atoms with Gasteiger partial charge in [-0.2, -0.15) is 13.2 Å². The Hall–Kier alpha value is -2.52. The van der Waals surface area contributed by atoms with Gasteiger partial charge in [0.15, 0.2) is 11.6 Å². The predicted octanol–water partition coefficient (Wildman–Crippen LogP) is 4.69. The van der Waals surface area contributed by atoms with E-state index in [1.807, 2.05) is 0 Å². The smallest absolute Gasteiger partial charge is 0.421 e. The van der Waals surface area contributed by atoms with Crippen LogP contribution in [0.3, 0.4) is 0 Å². The van der Waals surface area contributed by atoms with Gasteiger partial charge in [0.05, 0.1) is 10.6 Å². The first-order valence-corrected chi connectivity index (χ1v) is 7.54. The van der Waals surface area contributed by atoms with Gasteiger partial charge in [-0.1, -0.05) is 17.7 Å². The van der Waals surface area contributed by atoms with E-state index in [2.05, 4.69) is 0 Å². The second-order valence-electron chi connectivity index (χ2n) is 5.23. The first-order valence-electron chi connectivity index (χ1n) is 7.16. The Labute approximate surface area is 150 Å². The molecule has 0 fully saturated rings. The maximum atomic E-state index is 14.1. The van der Waals surface area contributed by atoms with E-state index in [1.54, 1.807) is 0 Å². The van der Waals surface area contributed by atoms with Crippen LogP contribution in [0.2, 0.25) is 5.02 Å². The summed E-state index contributed by atoms with van der Waals surface area (Å²) >= 11 is 5.51. The molecule has 0 heterocycles. The average molecular weight is 393 g/mol. The fraction of sp³-hybridized carbons (Fsp3) is 0.188. The topological polar surface area (TPSA) is 75.8 Å². The molecule has 0 aliphatic heterocycles. The van der Waals surface area contributed by atoms with Crippen LogP contribution in [0.15, 0.2) is 36.4 Å². The van der Waals surface area contributed by atoms with E-state index in [-0.39, 0.29) is 24.5 Å². The van der Waals surface area contributed by atoms with Crippen molar-refractivity contribution in [3.63, 3.8) is 0 Å². The quantitative estimate of drug-likeness (QED) is 0.335. The first-order chi connectivity index (χ1) is 12.1. The summed E-state index contributed by atoms with van der Waals surface area (Å²) < 4.78 is 57.8. The fourth-order valence-corrected chi connectivity index (χ4v) is 2.26. The summed E-state index contributed by atoms with van der Waals surface area (Å²) in [6, 6.07) is 6.64. The highest BCUT2D eigenvalue weighted by molar-refractivity contribution is 6.31. The summed E-state index contributed by atoms with van der Waals surface area (Å²) in [4.78, 5) is 10.6. The second-order valence-corrected chi connectivity index (χ2v) is 5.64. The molecular weight excluding hydrogens is 380 g/mol. The van der Waals surface area contributed by atoms with Gasteiger partial charge in [0.1, 0.15) is 5.75 Å². The molecule has 0 radical (unpaired) electrons. The number of hydrogen-bond donors (Lipinski definition) is 2. The molecule has 140 valence electrons. The molecule has 2 aromatic rings. The monoisotopic (exact) mass is 392 g/mol. The third-order valence-corrected chi connectivity index (χ3v) is 3.68. The number of hydrazine groups is 1. The molecular formula is C16H13ClF4N2O3. The number of hydrogen-bond acceptors (Lipinski definition) is 3. The highest BCUT2D eigenvalue weighted by atomic mass is 35.5. The minimum Gasteiger partial charge on any atom is -0.464 e. The molecule has 3 N–H and O–H groups in total. The molecule has 0 aromatic heterocycles. The molecule has 2 aromatic carbocycles. The summed E-state index contributed by atoms with van der Waals surface area (Å²) in [7, 11) is 0. The molecule has 0 bridgehead atoms. The number of benzene rings is 2. The molecule has 0 aliphatic rings. The maximum Gasteiger partial charge on any atom is 0.421 e. The predicted molar refractivity (Wildman–Crippen MR) is 85.6 cm³/mol. The van der Waals surface area contributed by atoms with E-state index in [0.29, 0.717) is 16.6 Å². The third kappa shape index (κ3) is 4.99. The van der Waals surface area contributed by atoms with Crippen molar-refractivity contribution in [2.75, 3.05) is 6.54 Å². The van der Waals surface area contributed by atoms with Crippen molar-refractivity contribution in [3.05, 3.63) is 58.4 Å². The van der Waals surface area contributed by atoms with Crippen molar-refractivity contribution in [2.45, 2.75) is 12.6 Å². The largest absolute Gasteiger partial charge is 0.464 e. The number of nitrogens with two attached hydrogens (primary N) is 1. The zero-order chi connectivity index (χ0) is 19.5. The Bertz CT molecular complexity index is 815. The van der Waals surface area contributed by atoms with Crippen LogP contribution in [0.5, 0.6) is 11.5 Å². The number of halogens is 5. The fourth-order valence-electron chi connectivity index (χ4n) is 2.04. The van der Waals surface area contributed by atoms with Gasteiger partial charge in [-0.25, -0.2) is 20.0 Å². The lowest BCUT2D eigenvalue weighted by Crippen LogP contribution is -2.37. The van der Waals surface area contributed by atoms with Crippen molar-refractivity contribution < 1.29 is 32.2 Å². The molecule has 0 unspecified atom stereocenters. The molecule has 0 saturated carbocycles. The van der Waals surface area contributed by atoms with Crippen LogP contribution in [0.1, 0.15) is 11.1 Å². The van der Waals surface area contributed by atoms with Gasteiger partial charge >= 0.3 is 12.3 Å². The van der Waals surface area contributed by atoms with Gasteiger partial charge in [-0.05, 0) is 42.3 Å². The second kappa shape index (κ2) is 7.79.